The quantitative estimate of drug-likeness (QED) is 0.500. The maximum Gasteiger partial charge on any atom is 0.498 e. The third kappa shape index (κ3) is 5.20. The molecule has 6 nitrogen and oxygen atoms in total. The van der Waals surface area contributed by atoms with Gasteiger partial charge in [0.2, 0.25) is 0 Å². The normalized spacial score (nSPS) is 18.1. The fourth-order valence-electron chi connectivity index (χ4n) is 2.74. The van der Waals surface area contributed by atoms with Crippen LogP contribution in [-0.2, 0) is 31.9 Å². The van der Waals surface area contributed by atoms with Gasteiger partial charge in [0, 0.05) is 17.9 Å². The molecule has 1 aliphatic rings. The first-order valence-corrected chi connectivity index (χ1v) is 9.45. The summed E-state index contributed by atoms with van der Waals surface area (Å²) in [5.74, 6) is 0. The fourth-order valence-corrected chi connectivity index (χ4v) is 2.74. The molecule has 0 saturated carbocycles. The molecule has 1 aromatic heterocycles. The maximum absolute atomic E-state index is 6.05. The van der Waals surface area contributed by atoms with E-state index in [9.17, 15) is 0 Å². The van der Waals surface area contributed by atoms with Crippen LogP contribution in [0.15, 0.2) is 42.7 Å². The Morgan fingerprint density at radius 1 is 0.963 bits per heavy atom. The van der Waals surface area contributed by atoms with E-state index in [2.05, 4.69) is 17.2 Å². The summed E-state index contributed by atoms with van der Waals surface area (Å²) >= 11 is 0. The molecule has 1 aromatic carbocycles. The van der Waals surface area contributed by atoms with Gasteiger partial charge in [-0.05, 0) is 33.3 Å². The van der Waals surface area contributed by atoms with Crippen molar-refractivity contribution in [2.24, 2.45) is 0 Å². The summed E-state index contributed by atoms with van der Waals surface area (Å²) in [6, 6.07) is 10.1. The minimum Gasteiger partial charge on any atom is -0.399 e. The van der Waals surface area contributed by atoms with E-state index in [-0.39, 0.29) is 18.3 Å². The van der Waals surface area contributed by atoms with Crippen LogP contribution < -0.4 is 5.46 Å². The van der Waals surface area contributed by atoms with Gasteiger partial charge in [-0.15, -0.1) is 0 Å². The smallest absolute Gasteiger partial charge is 0.399 e. The zero-order valence-electron chi connectivity index (χ0n) is 16.7. The summed E-state index contributed by atoms with van der Waals surface area (Å²) in [7, 11) is -0.379. The SMILES string of the molecule is CC1(C)OB(c2cnn(CCOCCOCc3ccccc3)c2)OC1(C)C. The van der Waals surface area contributed by atoms with Gasteiger partial charge in [0.05, 0.1) is 44.2 Å². The summed E-state index contributed by atoms with van der Waals surface area (Å²) in [4.78, 5) is 0. The average Bonchev–Trinajstić information content (AvgIpc) is 3.17. The van der Waals surface area contributed by atoms with E-state index < -0.39 is 0 Å². The topological polar surface area (TPSA) is 54.7 Å². The second kappa shape index (κ2) is 8.56. The molecule has 146 valence electrons. The van der Waals surface area contributed by atoms with E-state index in [1.165, 1.54) is 5.56 Å². The summed E-state index contributed by atoms with van der Waals surface area (Å²) < 4.78 is 25.2. The fraction of sp³-hybridized carbons (Fsp3) is 0.550. The van der Waals surface area contributed by atoms with E-state index in [1.54, 1.807) is 6.20 Å². The van der Waals surface area contributed by atoms with Gasteiger partial charge < -0.3 is 18.8 Å². The number of nitrogens with zero attached hydrogens (tertiary/aromatic N) is 2. The summed E-state index contributed by atoms with van der Waals surface area (Å²) in [6.07, 6.45) is 3.75. The standard InChI is InChI=1S/C20H29BN2O4/c1-19(2)20(3,4)27-21(26-19)18-14-22-23(15-18)10-11-24-12-13-25-16-17-8-6-5-7-9-17/h5-9,14-15H,10-13,16H2,1-4H3. The highest BCUT2D eigenvalue weighted by atomic mass is 16.7. The lowest BCUT2D eigenvalue weighted by Gasteiger charge is -2.32. The van der Waals surface area contributed by atoms with Crippen LogP contribution in [-0.4, -0.2) is 47.9 Å². The highest BCUT2D eigenvalue weighted by molar-refractivity contribution is 6.61. The third-order valence-corrected chi connectivity index (χ3v) is 5.13. The molecule has 7 heteroatoms. The number of rotatable bonds is 9. The van der Waals surface area contributed by atoms with Gasteiger partial charge in [0.25, 0.3) is 0 Å². The molecule has 0 aliphatic carbocycles. The molecule has 1 fully saturated rings. The van der Waals surface area contributed by atoms with Crippen molar-refractivity contribution in [3.8, 4) is 0 Å². The van der Waals surface area contributed by atoms with Crippen molar-refractivity contribution in [2.45, 2.75) is 52.0 Å². The molecule has 0 amide bonds. The number of hydrogen-bond acceptors (Lipinski definition) is 5. The molecule has 0 bridgehead atoms. The molecule has 0 radical (unpaired) electrons. The van der Waals surface area contributed by atoms with Gasteiger partial charge in [0.1, 0.15) is 0 Å². The van der Waals surface area contributed by atoms with Crippen LogP contribution in [0.4, 0.5) is 0 Å². The molecule has 2 heterocycles. The molecule has 1 aliphatic heterocycles. The Bertz CT molecular complexity index is 702. The first kappa shape index (κ1) is 20.1. The van der Waals surface area contributed by atoms with Gasteiger partial charge in [-0.3, -0.25) is 4.68 Å². The second-order valence-corrected chi connectivity index (χ2v) is 7.78. The van der Waals surface area contributed by atoms with Crippen LogP contribution in [0.1, 0.15) is 33.3 Å². The van der Waals surface area contributed by atoms with E-state index in [0.717, 1.165) is 5.46 Å². The Morgan fingerprint density at radius 3 is 2.33 bits per heavy atom. The molecule has 1 saturated heterocycles. The Kier molecular flexibility index (Phi) is 6.37. The molecule has 0 unspecified atom stereocenters. The highest BCUT2D eigenvalue weighted by Gasteiger charge is 2.52. The zero-order valence-corrected chi connectivity index (χ0v) is 16.7. The lowest BCUT2D eigenvalue weighted by Crippen LogP contribution is -2.41. The van der Waals surface area contributed by atoms with Crippen LogP contribution in [0.2, 0.25) is 0 Å². The highest BCUT2D eigenvalue weighted by Crippen LogP contribution is 2.36. The molecule has 0 spiro atoms. The lowest BCUT2D eigenvalue weighted by molar-refractivity contribution is 0.00578. The molecular formula is C20H29BN2O4. The largest absolute Gasteiger partial charge is 0.498 e. The maximum atomic E-state index is 6.05. The van der Waals surface area contributed by atoms with Crippen LogP contribution in [0, 0.1) is 0 Å². The molecule has 0 atom stereocenters. The van der Waals surface area contributed by atoms with Gasteiger partial charge in [-0.1, -0.05) is 30.3 Å². The van der Waals surface area contributed by atoms with E-state index in [1.807, 2.05) is 56.8 Å². The van der Waals surface area contributed by atoms with Crippen molar-refractivity contribution in [3.63, 3.8) is 0 Å². The molecule has 2 aromatic rings. The number of benzene rings is 1. The van der Waals surface area contributed by atoms with Crippen molar-refractivity contribution in [2.75, 3.05) is 19.8 Å². The number of aromatic nitrogens is 2. The second-order valence-electron chi connectivity index (χ2n) is 7.78. The minimum absolute atomic E-state index is 0.345. The van der Waals surface area contributed by atoms with Gasteiger partial charge >= 0.3 is 7.12 Å². The summed E-state index contributed by atoms with van der Waals surface area (Å²) in [6.45, 7) is 11.2. The van der Waals surface area contributed by atoms with E-state index >= 15 is 0 Å². The van der Waals surface area contributed by atoms with Crippen LogP contribution >= 0.6 is 0 Å². The molecule has 0 N–H and O–H groups in total. The first-order chi connectivity index (χ1) is 12.9. The Labute approximate surface area is 161 Å². The molecule has 27 heavy (non-hydrogen) atoms. The van der Waals surface area contributed by atoms with Crippen molar-refractivity contribution in [3.05, 3.63) is 48.3 Å². The predicted molar refractivity (Wildman–Crippen MR) is 105 cm³/mol. The minimum atomic E-state index is -0.379. The van der Waals surface area contributed by atoms with Crippen LogP contribution in [0.3, 0.4) is 0 Å². The van der Waals surface area contributed by atoms with Crippen LogP contribution in [0.5, 0.6) is 0 Å². The van der Waals surface area contributed by atoms with Crippen molar-refractivity contribution < 1.29 is 18.8 Å². The summed E-state index contributed by atoms with van der Waals surface area (Å²) in [5.41, 5.74) is 1.41. The number of ether oxygens (including phenoxy) is 2. The van der Waals surface area contributed by atoms with Crippen molar-refractivity contribution in [1.29, 1.82) is 0 Å². The average molecular weight is 372 g/mol. The van der Waals surface area contributed by atoms with Gasteiger partial charge in [0.15, 0.2) is 0 Å². The monoisotopic (exact) mass is 372 g/mol. The number of hydrogen-bond donors (Lipinski definition) is 0. The Hall–Kier alpha value is -1.67. The van der Waals surface area contributed by atoms with Crippen molar-refractivity contribution in [1.82, 2.24) is 9.78 Å². The first-order valence-electron chi connectivity index (χ1n) is 9.45. The van der Waals surface area contributed by atoms with Gasteiger partial charge in [-0.2, -0.15) is 5.10 Å². The Morgan fingerprint density at radius 2 is 1.63 bits per heavy atom. The zero-order chi connectivity index (χ0) is 19.3. The van der Waals surface area contributed by atoms with Crippen LogP contribution in [0.25, 0.3) is 0 Å². The molecular weight excluding hydrogens is 343 g/mol. The van der Waals surface area contributed by atoms with E-state index in [4.69, 9.17) is 18.8 Å². The summed E-state index contributed by atoms with van der Waals surface area (Å²) in [5, 5.41) is 4.38. The lowest BCUT2D eigenvalue weighted by atomic mass is 9.82. The molecule has 3 rings (SSSR count). The Balaban J connectivity index is 1.33. The van der Waals surface area contributed by atoms with Gasteiger partial charge in [-0.25, -0.2) is 0 Å². The van der Waals surface area contributed by atoms with Crippen molar-refractivity contribution >= 4 is 12.6 Å². The van der Waals surface area contributed by atoms with E-state index in [0.29, 0.717) is 33.0 Å². The third-order valence-electron chi connectivity index (χ3n) is 5.13. The predicted octanol–water partition coefficient (Wildman–Crippen LogP) is 2.42.